The van der Waals surface area contributed by atoms with E-state index in [1.807, 2.05) is 55.5 Å². The number of hydrogen-bond donors (Lipinski definition) is 1. The molecule has 2 aromatic rings. The van der Waals surface area contributed by atoms with Crippen LogP contribution in [-0.2, 0) is 0 Å². The lowest BCUT2D eigenvalue weighted by molar-refractivity contribution is 0.340. The van der Waals surface area contributed by atoms with Crippen LogP contribution in [0.25, 0.3) is 0 Å². The average Bonchev–Trinajstić information content (AvgIpc) is 2.42. The Morgan fingerprint density at radius 1 is 1.00 bits per heavy atom. The van der Waals surface area contributed by atoms with E-state index in [0.29, 0.717) is 6.61 Å². The number of ether oxygens (including phenoxy) is 2. The van der Waals surface area contributed by atoms with E-state index in [0.717, 1.165) is 22.9 Å². The summed E-state index contributed by atoms with van der Waals surface area (Å²) in [6, 6.07) is 15.7. The predicted octanol–water partition coefficient (Wildman–Crippen LogP) is 3.84. The van der Waals surface area contributed by atoms with Gasteiger partial charge in [0, 0.05) is 5.69 Å². The van der Waals surface area contributed by atoms with Crippen LogP contribution < -0.4 is 14.8 Å². The van der Waals surface area contributed by atoms with E-state index < -0.39 is 0 Å². The summed E-state index contributed by atoms with van der Waals surface area (Å²) in [4.78, 5) is 0. The first-order chi connectivity index (χ1) is 8.83. The van der Waals surface area contributed by atoms with Crippen molar-refractivity contribution >= 4 is 11.4 Å². The largest absolute Gasteiger partial charge is 0.495 e. The predicted molar refractivity (Wildman–Crippen MR) is 73.9 cm³/mol. The zero-order chi connectivity index (χ0) is 12.8. The summed E-state index contributed by atoms with van der Waals surface area (Å²) >= 11 is 0. The highest BCUT2D eigenvalue weighted by Gasteiger charge is 2.01. The first-order valence-corrected chi connectivity index (χ1v) is 5.96. The average molecular weight is 243 g/mol. The molecule has 0 atom stereocenters. The van der Waals surface area contributed by atoms with Crippen LogP contribution in [0.4, 0.5) is 11.4 Å². The third-order valence-corrected chi connectivity index (χ3v) is 2.55. The van der Waals surface area contributed by atoms with Crippen LogP contribution >= 0.6 is 0 Å². The third kappa shape index (κ3) is 2.94. The van der Waals surface area contributed by atoms with Crippen LogP contribution in [0.1, 0.15) is 6.92 Å². The van der Waals surface area contributed by atoms with Crippen molar-refractivity contribution in [2.75, 3.05) is 19.0 Å². The van der Waals surface area contributed by atoms with Gasteiger partial charge in [-0.2, -0.15) is 0 Å². The molecule has 3 nitrogen and oxygen atoms in total. The van der Waals surface area contributed by atoms with Crippen molar-refractivity contribution in [1.29, 1.82) is 0 Å². The van der Waals surface area contributed by atoms with Gasteiger partial charge in [0.15, 0.2) is 0 Å². The molecule has 2 rings (SSSR count). The molecule has 0 unspecified atom stereocenters. The molecule has 0 heterocycles. The van der Waals surface area contributed by atoms with Gasteiger partial charge >= 0.3 is 0 Å². The van der Waals surface area contributed by atoms with Crippen molar-refractivity contribution in [3.05, 3.63) is 48.5 Å². The second kappa shape index (κ2) is 5.96. The van der Waals surface area contributed by atoms with Crippen molar-refractivity contribution in [3.63, 3.8) is 0 Å². The van der Waals surface area contributed by atoms with E-state index in [9.17, 15) is 0 Å². The highest BCUT2D eigenvalue weighted by atomic mass is 16.5. The lowest BCUT2D eigenvalue weighted by Crippen LogP contribution is -1.95. The topological polar surface area (TPSA) is 30.5 Å². The van der Waals surface area contributed by atoms with E-state index in [4.69, 9.17) is 9.47 Å². The molecule has 3 heteroatoms. The quantitative estimate of drug-likeness (QED) is 0.865. The number of para-hydroxylation sites is 2. The minimum absolute atomic E-state index is 0.680. The fraction of sp³-hybridized carbons (Fsp3) is 0.200. The smallest absolute Gasteiger partial charge is 0.142 e. The molecule has 0 aliphatic carbocycles. The fourth-order valence-electron chi connectivity index (χ4n) is 1.70. The minimum Gasteiger partial charge on any atom is -0.495 e. The normalized spacial score (nSPS) is 9.89. The van der Waals surface area contributed by atoms with Crippen molar-refractivity contribution in [2.45, 2.75) is 6.92 Å². The summed E-state index contributed by atoms with van der Waals surface area (Å²) in [5, 5.41) is 3.31. The summed E-state index contributed by atoms with van der Waals surface area (Å²) in [7, 11) is 1.67. The maximum absolute atomic E-state index is 5.40. The molecule has 0 aliphatic rings. The molecule has 0 fully saturated rings. The van der Waals surface area contributed by atoms with Gasteiger partial charge in [-0.25, -0.2) is 0 Å². The number of rotatable bonds is 5. The Bertz CT molecular complexity index is 494. The molecule has 0 aliphatic heterocycles. The van der Waals surface area contributed by atoms with Crippen LogP contribution in [0.3, 0.4) is 0 Å². The lowest BCUT2D eigenvalue weighted by atomic mass is 10.2. The second-order valence-corrected chi connectivity index (χ2v) is 3.78. The van der Waals surface area contributed by atoms with Gasteiger partial charge in [0.25, 0.3) is 0 Å². The van der Waals surface area contributed by atoms with Gasteiger partial charge in [0.1, 0.15) is 11.5 Å². The summed E-state index contributed by atoms with van der Waals surface area (Å²) in [5.41, 5.74) is 1.95. The lowest BCUT2D eigenvalue weighted by Gasteiger charge is -2.11. The molecule has 0 bridgehead atoms. The molecule has 0 amide bonds. The van der Waals surface area contributed by atoms with Crippen molar-refractivity contribution in [2.24, 2.45) is 0 Å². The van der Waals surface area contributed by atoms with Gasteiger partial charge in [-0.05, 0) is 43.3 Å². The Kier molecular flexibility index (Phi) is 4.07. The molecule has 1 N–H and O–H groups in total. The van der Waals surface area contributed by atoms with E-state index in [-0.39, 0.29) is 0 Å². The van der Waals surface area contributed by atoms with Crippen LogP contribution in [0.2, 0.25) is 0 Å². The van der Waals surface area contributed by atoms with Gasteiger partial charge in [-0.3, -0.25) is 0 Å². The molecule has 0 saturated carbocycles. The van der Waals surface area contributed by atoms with Crippen LogP contribution in [0.15, 0.2) is 48.5 Å². The minimum atomic E-state index is 0.680. The molecule has 94 valence electrons. The summed E-state index contributed by atoms with van der Waals surface area (Å²) < 4.78 is 10.7. The van der Waals surface area contributed by atoms with Crippen molar-refractivity contribution < 1.29 is 9.47 Å². The zero-order valence-electron chi connectivity index (χ0n) is 10.6. The van der Waals surface area contributed by atoms with Gasteiger partial charge in [0.05, 0.1) is 19.4 Å². The number of benzene rings is 2. The molecular weight excluding hydrogens is 226 g/mol. The van der Waals surface area contributed by atoms with Crippen molar-refractivity contribution in [3.8, 4) is 11.5 Å². The molecule has 0 radical (unpaired) electrons. The number of anilines is 2. The Hall–Kier alpha value is -2.16. The number of methoxy groups -OCH3 is 1. The molecular formula is C15H17NO2. The van der Waals surface area contributed by atoms with Crippen LogP contribution in [0, 0.1) is 0 Å². The van der Waals surface area contributed by atoms with E-state index in [2.05, 4.69) is 5.32 Å². The maximum atomic E-state index is 5.40. The van der Waals surface area contributed by atoms with E-state index >= 15 is 0 Å². The highest BCUT2D eigenvalue weighted by molar-refractivity contribution is 5.66. The molecule has 18 heavy (non-hydrogen) atoms. The summed E-state index contributed by atoms with van der Waals surface area (Å²) in [5.74, 6) is 1.70. The van der Waals surface area contributed by atoms with Gasteiger partial charge in [-0.15, -0.1) is 0 Å². The van der Waals surface area contributed by atoms with Crippen molar-refractivity contribution in [1.82, 2.24) is 0 Å². The Morgan fingerprint density at radius 3 is 2.39 bits per heavy atom. The highest BCUT2D eigenvalue weighted by Crippen LogP contribution is 2.27. The van der Waals surface area contributed by atoms with Gasteiger partial charge in [-0.1, -0.05) is 12.1 Å². The molecule has 2 aromatic carbocycles. The number of nitrogens with one attached hydrogen (secondary N) is 1. The summed E-state index contributed by atoms with van der Waals surface area (Å²) in [6.45, 7) is 2.65. The maximum Gasteiger partial charge on any atom is 0.142 e. The summed E-state index contributed by atoms with van der Waals surface area (Å²) in [6.07, 6.45) is 0. The first kappa shape index (κ1) is 12.3. The molecule has 0 saturated heterocycles. The molecule has 0 aromatic heterocycles. The zero-order valence-corrected chi connectivity index (χ0v) is 10.6. The van der Waals surface area contributed by atoms with Crippen LogP contribution in [0.5, 0.6) is 11.5 Å². The Morgan fingerprint density at radius 2 is 1.72 bits per heavy atom. The SMILES string of the molecule is CCOc1ccc(Nc2ccccc2OC)cc1. The first-order valence-electron chi connectivity index (χ1n) is 5.96. The standard InChI is InChI=1S/C15H17NO2/c1-3-18-13-10-8-12(9-11-13)16-14-6-4-5-7-15(14)17-2/h4-11,16H,3H2,1-2H3. The monoisotopic (exact) mass is 243 g/mol. The third-order valence-electron chi connectivity index (χ3n) is 2.55. The Balaban J connectivity index is 2.13. The van der Waals surface area contributed by atoms with Gasteiger partial charge < -0.3 is 14.8 Å². The molecule has 0 spiro atoms. The number of hydrogen-bond acceptors (Lipinski definition) is 3. The van der Waals surface area contributed by atoms with E-state index in [1.165, 1.54) is 0 Å². The Labute approximate surface area is 107 Å². The van der Waals surface area contributed by atoms with Crippen LogP contribution in [-0.4, -0.2) is 13.7 Å². The van der Waals surface area contributed by atoms with E-state index in [1.54, 1.807) is 7.11 Å². The fourth-order valence-corrected chi connectivity index (χ4v) is 1.70. The van der Waals surface area contributed by atoms with Gasteiger partial charge in [0.2, 0.25) is 0 Å². The second-order valence-electron chi connectivity index (χ2n) is 3.78.